The molecule has 1 amide bonds. The minimum Gasteiger partial charge on any atom is -0.389 e. The van der Waals surface area contributed by atoms with Crippen molar-refractivity contribution in [3.8, 4) is 0 Å². The van der Waals surface area contributed by atoms with Gasteiger partial charge in [0.05, 0.1) is 0 Å². The van der Waals surface area contributed by atoms with Crippen molar-refractivity contribution >= 4 is 23.6 Å². The monoisotopic (exact) mass is 368 g/mol. The highest BCUT2D eigenvalue weighted by atomic mass is 32.1. The SMILES string of the molecule is CCCc1ccc(Cc2cc(C)c(C(N)=S)cc2CCNC=O)cc1C. The van der Waals surface area contributed by atoms with Gasteiger partial charge >= 0.3 is 0 Å². The molecule has 3 N–H and O–H groups in total. The van der Waals surface area contributed by atoms with Crippen molar-refractivity contribution in [3.05, 3.63) is 69.3 Å². The van der Waals surface area contributed by atoms with Crippen molar-refractivity contribution in [3.63, 3.8) is 0 Å². The summed E-state index contributed by atoms with van der Waals surface area (Å²) in [5.41, 5.74) is 14.4. The van der Waals surface area contributed by atoms with E-state index in [2.05, 4.69) is 49.5 Å². The van der Waals surface area contributed by atoms with E-state index in [0.717, 1.165) is 43.2 Å². The van der Waals surface area contributed by atoms with Crippen molar-refractivity contribution in [2.45, 2.75) is 46.5 Å². The Hall–Kier alpha value is -2.20. The smallest absolute Gasteiger partial charge is 0.207 e. The van der Waals surface area contributed by atoms with Crippen molar-refractivity contribution in [2.75, 3.05) is 6.54 Å². The highest BCUT2D eigenvalue weighted by Crippen LogP contribution is 2.22. The molecule has 0 fully saturated rings. The predicted molar refractivity (Wildman–Crippen MR) is 113 cm³/mol. The molecule has 0 saturated heterocycles. The zero-order valence-electron chi connectivity index (χ0n) is 15.9. The molecule has 0 unspecified atom stereocenters. The van der Waals surface area contributed by atoms with Crippen LogP contribution in [0.3, 0.4) is 0 Å². The molecule has 2 aromatic rings. The molecule has 0 aliphatic rings. The average molecular weight is 369 g/mol. The summed E-state index contributed by atoms with van der Waals surface area (Å²) in [5, 5.41) is 2.74. The Labute approximate surface area is 162 Å². The Morgan fingerprint density at radius 2 is 1.85 bits per heavy atom. The number of carbonyl (C=O) groups is 1. The van der Waals surface area contributed by atoms with Gasteiger partial charge in [0.1, 0.15) is 4.99 Å². The third-order valence-electron chi connectivity index (χ3n) is 4.75. The van der Waals surface area contributed by atoms with E-state index in [1.54, 1.807) is 0 Å². The zero-order valence-corrected chi connectivity index (χ0v) is 16.7. The second-order valence-electron chi connectivity index (χ2n) is 6.81. The number of benzene rings is 2. The first-order valence-corrected chi connectivity index (χ1v) is 9.54. The van der Waals surface area contributed by atoms with Crippen LogP contribution in [0.5, 0.6) is 0 Å². The summed E-state index contributed by atoms with van der Waals surface area (Å²) in [5.74, 6) is 0. The minimum absolute atomic E-state index is 0.415. The Morgan fingerprint density at radius 3 is 2.46 bits per heavy atom. The third-order valence-corrected chi connectivity index (χ3v) is 4.97. The minimum atomic E-state index is 0.415. The van der Waals surface area contributed by atoms with E-state index in [4.69, 9.17) is 18.0 Å². The van der Waals surface area contributed by atoms with E-state index in [1.165, 1.54) is 27.8 Å². The van der Waals surface area contributed by atoms with Gasteiger partial charge in [-0.25, -0.2) is 0 Å². The van der Waals surface area contributed by atoms with Crippen LogP contribution in [-0.2, 0) is 24.1 Å². The number of hydrogen-bond acceptors (Lipinski definition) is 2. The van der Waals surface area contributed by atoms with Gasteiger partial charge in [0, 0.05) is 12.1 Å². The maximum absolute atomic E-state index is 10.6. The number of carbonyl (C=O) groups excluding carboxylic acids is 1. The van der Waals surface area contributed by atoms with Gasteiger partial charge in [-0.3, -0.25) is 4.79 Å². The first kappa shape index (κ1) is 20.1. The largest absolute Gasteiger partial charge is 0.389 e. The van der Waals surface area contributed by atoms with Crippen LogP contribution in [-0.4, -0.2) is 17.9 Å². The number of aryl methyl sites for hydroxylation is 3. The fraction of sp³-hybridized carbons (Fsp3) is 0.364. The van der Waals surface area contributed by atoms with Gasteiger partial charge in [0.2, 0.25) is 6.41 Å². The maximum Gasteiger partial charge on any atom is 0.207 e. The quantitative estimate of drug-likeness (QED) is 0.402. The Kier molecular flexibility index (Phi) is 7.34. The molecule has 0 aliphatic carbocycles. The molecule has 0 aromatic heterocycles. The zero-order chi connectivity index (χ0) is 19.1. The van der Waals surface area contributed by atoms with Crippen LogP contribution in [0, 0.1) is 13.8 Å². The number of rotatable bonds is 9. The van der Waals surface area contributed by atoms with E-state index in [9.17, 15) is 4.79 Å². The summed E-state index contributed by atoms with van der Waals surface area (Å²) in [6.45, 7) is 7.04. The van der Waals surface area contributed by atoms with E-state index in [1.807, 2.05) is 6.92 Å². The van der Waals surface area contributed by atoms with Crippen LogP contribution in [0.4, 0.5) is 0 Å². The summed E-state index contributed by atoms with van der Waals surface area (Å²) in [7, 11) is 0. The number of thiocarbonyl (C=S) groups is 1. The van der Waals surface area contributed by atoms with Crippen LogP contribution in [0.2, 0.25) is 0 Å². The number of nitrogens with one attached hydrogen (secondary N) is 1. The van der Waals surface area contributed by atoms with Crippen LogP contribution in [0.25, 0.3) is 0 Å². The molecular formula is C22H28N2OS. The van der Waals surface area contributed by atoms with Gasteiger partial charge in [0.25, 0.3) is 0 Å². The summed E-state index contributed by atoms with van der Waals surface area (Å²) in [4.78, 5) is 11.0. The molecule has 0 bridgehead atoms. The third kappa shape index (κ3) is 5.15. The molecule has 2 rings (SSSR count). The second-order valence-corrected chi connectivity index (χ2v) is 7.25. The molecule has 3 nitrogen and oxygen atoms in total. The predicted octanol–water partition coefficient (Wildman–Crippen LogP) is 3.77. The number of nitrogens with two attached hydrogens (primary N) is 1. The topological polar surface area (TPSA) is 55.1 Å². The second kappa shape index (κ2) is 9.48. The summed E-state index contributed by atoms with van der Waals surface area (Å²) >= 11 is 5.18. The highest BCUT2D eigenvalue weighted by molar-refractivity contribution is 7.80. The van der Waals surface area contributed by atoms with E-state index >= 15 is 0 Å². The van der Waals surface area contributed by atoms with Crippen LogP contribution >= 0.6 is 12.2 Å². The first-order valence-electron chi connectivity index (χ1n) is 9.13. The van der Waals surface area contributed by atoms with Crippen molar-refractivity contribution < 1.29 is 4.79 Å². The van der Waals surface area contributed by atoms with Gasteiger partial charge in [-0.1, -0.05) is 49.8 Å². The van der Waals surface area contributed by atoms with Crippen molar-refractivity contribution in [2.24, 2.45) is 5.73 Å². The van der Waals surface area contributed by atoms with Crippen molar-refractivity contribution in [1.29, 1.82) is 0 Å². The lowest BCUT2D eigenvalue weighted by Crippen LogP contribution is -2.17. The Bertz CT molecular complexity index is 799. The van der Waals surface area contributed by atoms with Gasteiger partial charge < -0.3 is 11.1 Å². The van der Waals surface area contributed by atoms with Gasteiger partial charge in [-0.05, 0) is 72.6 Å². The Morgan fingerprint density at radius 1 is 1.08 bits per heavy atom. The number of amides is 1. The van der Waals surface area contributed by atoms with Crippen LogP contribution in [0.15, 0.2) is 30.3 Å². The van der Waals surface area contributed by atoms with E-state index < -0.39 is 0 Å². The normalized spacial score (nSPS) is 10.6. The lowest BCUT2D eigenvalue weighted by molar-refractivity contribution is -0.109. The molecule has 0 atom stereocenters. The van der Waals surface area contributed by atoms with E-state index in [-0.39, 0.29) is 0 Å². The summed E-state index contributed by atoms with van der Waals surface area (Å²) in [6, 6.07) is 11.0. The van der Waals surface area contributed by atoms with Gasteiger partial charge in [-0.2, -0.15) is 0 Å². The average Bonchev–Trinajstić information content (AvgIpc) is 2.59. The molecular weight excluding hydrogens is 340 g/mol. The summed E-state index contributed by atoms with van der Waals surface area (Å²) < 4.78 is 0. The molecule has 0 saturated carbocycles. The highest BCUT2D eigenvalue weighted by Gasteiger charge is 2.11. The van der Waals surface area contributed by atoms with Gasteiger partial charge in [0.15, 0.2) is 0 Å². The first-order chi connectivity index (χ1) is 12.5. The number of hydrogen-bond donors (Lipinski definition) is 2. The fourth-order valence-electron chi connectivity index (χ4n) is 3.38. The Balaban J connectivity index is 2.34. The molecule has 0 spiro atoms. The molecule has 4 heteroatoms. The fourth-order valence-corrected chi connectivity index (χ4v) is 3.60. The lowest BCUT2D eigenvalue weighted by atomic mass is 9.91. The molecule has 0 heterocycles. The van der Waals surface area contributed by atoms with Gasteiger partial charge in [-0.15, -0.1) is 0 Å². The maximum atomic E-state index is 10.6. The molecule has 0 radical (unpaired) electrons. The standard InChI is InChI=1S/C22H28N2OS/c1-4-5-18-7-6-17(10-15(18)2)12-20-11-16(3)21(22(23)26)13-19(20)8-9-24-14-25/h6-7,10-11,13-14H,4-5,8-9,12H2,1-3H3,(H2,23,26)(H,24,25). The van der Waals surface area contributed by atoms with Crippen molar-refractivity contribution in [1.82, 2.24) is 5.32 Å². The van der Waals surface area contributed by atoms with Crippen LogP contribution < -0.4 is 11.1 Å². The molecule has 2 aromatic carbocycles. The summed E-state index contributed by atoms with van der Waals surface area (Å²) in [6.07, 6.45) is 4.64. The molecule has 0 aliphatic heterocycles. The lowest BCUT2D eigenvalue weighted by Gasteiger charge is -2.15. The molecule has 138 valence electrons. The van der Waals surface area contributed by atoms with E-state index in [0.29, 0.717) is 11.5 Å². The molecule has 26 heavy (non-hydrogen) atoms. The van der Waals surface area contributed by atoms with Crippen LogP contribution in [0.1, 0.15) is 52.3 Å².